The normalized spacial score (nSPS) is 48.0. The summed E-state index contributed by atoms with van der Waals surface area (Å²) in [5, 5.41) is 17.5. The van der Waals surface area contributed by atoms with E-state index in [1.807, 2.05) is 0 Å². The molecule has 1 rings (SSSR count). The number of aliphatic hydroxyl groups excluding tert-OH is 2. The zero-order chi connectivity index (χ0) is 7.72. The van der Waals surface area contributed by atoms with Gasteiger partial charge in [0.15, 0.2) is 6.17 Å². The lowest BCUT2D eigenvalue weighted by molar-refractivity contribution is -0.0171. The van der Waals surface area contributed by atoms with Gasteiger partial charge in [0.05, 0.1) is 12.7 Å². The largest absolute Gasteiger partial charge is 0.394 e. The molecular formula is C6H11FO3. The molecule has 0 radical (unpaired) electrons. The first-order valence-electron chi connectivity index (χ1n) is 3.25. The van der Waals surface area contributed by atoms with Crippen LogP contribution in [0.5, 0.6) is 0 Å². The highest BCUT2D eigenvalue weighted by Gasteiger charge is 2.40. The van der Waals surface area contributed by atoms with E-state index in [4.69, 9.17) is 14.9 Å². The number of alkyl halides is 1. The van der Waals surface area contributed by atoms with Crippen LogP contribution in [-0.4, -0.2) is 41.3 Å². The van der Waals surface area contributed by atoms with Gasteiger partial charge in [-0.2, -0.15) is 0 Å². The highest BCUT2D eigenvalue weighted by Crippen LogP contribution is 2.22. The van der Waals surface area contributed by atoms with Gasteiger partial charge in [-0.3, -0.25) is 0 Å². The summed E-state index contributed by atoms with van der Waals surface area (Å²) in [5.74, 6) is 0. The molecule has 1 aliphatic rings. The lowest BCUT2D eigenvalue weighted by atomic mass is 10.1. The minimum absolute atomic E-state index is 0.327. The number of hydrogen-bond acceptors (Lipinski definition) is 3. The van der Waals surface area contributed by atoms with Crippen molar-refractivity contribution in [2.24, 2.45) is 0 Å². The molecule has 0 amide bonds. The standard InChI is InChI=1S/C6H11FO3/c1-3-5(7)6(9)4(2-8)10-3/h3-6,8-9H,2H2,1H3/t3-,4?,5-,6+/m0/s1. The quantitative estimate of drug-likeness (QED) is 0.528. The predicted octanol–water partition coefficient (Wildman–Crippen LogP) is -0.535. The first-order valence-corrected chi connectivity index (χ1v) is 3.25. The minimum atomic E-state index is -1.36. The predicted molar refractivity (Wildman–Crippen MR) is 32.3 cm³/mol. The maximum atomic E-state index is 12.7. The lowest BCUT2D eigenvalue weighted by Crippen LogP contribution is -2.30. The van der Waals surface area contributed by atoms with Crippen LogP contribution in [0.4, 0.5) is 4.39 Å². The maximum Gasteiger partial charge on any atom is 0.154 e. The van der Waals surface area contributed by atoms with E-state index in [1.165, 1.54) is 6.92 Å². The van der Waals surface area contributed by atoms with Crippen LogP contribution in [0.15, 0.2) is 0 Å². The molecule has 0 aromatic rings. The minimum Gasteiger partial charge on any atom is -0.394 e. The Morgan fingerprint density at radius 2 is 2.20 bits per heavy atom. The first-order chi connectivity index (χ1) is 4.66. The van der Waals surface area contributed by atoms with Crippen LogP contribution < -0.4 is 0 Å². The highest BCUT2D eigenvalue weighted by atomic mass is 19.1. The van der Waals surface area contributed by atoms with Crippen LogP contribution >= 0.6 is 0 Å². The van der Waals surface area contributed by atoms with Gasteiger partial charge in [-0.1, -0.05) is 0 Å². The summed E-state index contributed by atoms with van der Waals surface area (Å²) in [7, 11) is 0. The summed E-state index contributed by atoms with van der Waals surface area (Å²) in [4.78, 5) is 0. The van der Waals surface area contributed by atoms with Gasteiger partial charge in [0, 0.05) is 0 Å². The molecule has 0 bridgehead atoms. The topological polar surface area (TPSA) is 49.7 Å². The van der Waals surface area contributed by atoms with Gasteiger partial charge >= 0.3 is 0 Å². The average Bonchev–Trinajstić information content (AvgIpc) is 2.17. The average molecular weight is 150 g/mol. The molecule has 0 aromatic carbocycles. The summed E-state index contributed by atoms with van der Waals surface area (Å²) in [6.07, 6.45) is -3.88. The molecule has 1 unspecified atom stereocenters. The smallest absolute Gasteiger partial charge is 0.154 e. The second-order valence-electron chi connectivity index (χ2n) is 2.50. The molecule has 2 N–H and O–H groups in total. The van der Waals surface area contributed by atoms with Crippen LogP contribution in [0, 0.1) is 0 Å². The SMILES string of the molecule is C[C@@H]1OC(CO)[C@@H](O)[C@H]1F. The Kier molecular flexibility index (Phi) is 2.23. The maximum absolute atomic E-state index is 12.7. The summed E-state index contributed by atoms with van der Waals surface area (Å²) in [6, 6.07) is 0. The van der Waals surface area contributed by atoms with Crippen molar-refractivity contribution in [1.82, 2.24) is 0 Å². The summed E-state index contributed by atoms with van der Waals surface area (Å²) < 4.78 is 17.5. The fourth-order valence-electron chi connectivity index (χ4n) is 1.07. The monoisotopic (exact) mass is 150 g/mol. The van der Waals surface area contributed by atoms with Crippen molar-refractivity contribution in [1.29, 1.82) is 0 Å². The van der Waals surface area contributed by atoms with Crippen molar-refractivity contribution in [3.63, 3.8) is 0 Å². The van der Waals surface area contributed by atoms with Gasteiger partial charge in [-0.15, -0.1) is 0 Å². The number of hydrogen-bond donors (Lipinski definition) is 2. The molecular weight excluding hydrogens is 139 g/mol. The summed E-state index contributed by atoms with van der Waals surface area (Å²) in [6.45, 7) is 1.20. The van der Waals surface area contributed by atoms with E-state index in [1.54, 1.807) is 0 Å². The van der Waals surface area contributed by atoms with E-state index >= 15 is 0 Å². The van der Waals surface area contributed by atoms with Gasteiger partial charge in [0.1, 0.15) is 12.2 Å². The molecule has 0 aliphatic carbocycles. The highest BCUT2D eigenvalue weighted by molar-refractivity contribution is 4.88. The molecule has 4 heteroatoms. The second kappa shape index (κ2) is 2.82. The van der Waals surface area contributed by atoms with Gasteiger partial charge in [-0.05, 0) is 6.92 Å². The Bertz CT molecular complexity index is 120. The van der Waals surface area contributed by atoms with Crippen LogP contribution in [0.2, 0.25) is 0 Å². The van der Waals surface area contributed by atoms with Crippen molar-refractivity contribution in [2.75, 3.05) is 6.61 Å². The van der Waals surface area contributed by atoms with Crippen LogP contribution in [0.3, 0.4) is 0 Å². The van der Waals surface area contributed by atoms with E-state index in [-0.39, 0.29) is 6.61 Å². The zero-order valence-corrected chi connectivity index (χ0v) is 5.70. The third-order valence-electron chi connectivity index (χ3n) is 1.73. The van der Waals surface area contributed by atoms with Crippen molar-refractivity contribution >= 4 is 0 Å². The summed E-state index contributed by atoms with van der Waals surface area (Å²) in [5.41, 5.74) is 0. The number of halogens is 1. The first kappa shape index (κ1) is 7.91. The van der Waals surface area contributed by atoms with Crippen LogP contribution in [0.25, 0.3) is 0 Å². The fraction of sp³-hybridized carbons (Fsp3) is 1.00. The molecule has 1 heterocycles. The Labute approximate surface area is 58.4 Å². The van der Waals surface area contributed by atoms with Crippen LogP contribution in [-0.2, 0) is 4.74 Å². The van der Waals surface area contributed by atoms with E-state index in [9.17, 15) is 4.39 Å². The van der Waals surface area contributed by atoms with Crippen molar-refractivity contribution in [2.45, 2.75) is 31.4 Å². The van der Waals surface area contributed by atoms with Gasteiger partial charge < -0.3 is 14.9 Å². The Hall–Kier alpha value is -0.190. The van der Waals surface area contributed by atoms with Crippen molar-refractivity contribution < 1.29 is 19.3 Å². The van der Waals surface area contributed by atoms with Gasteiger partial charge in [-0.25, -0.2) is 4.39 Å². The van der Waals surface area contributed by atoms with Crippen molar-refractivity contribution in [3.05, 3.63) is 0 Å². The molecule has 1 fully saturated rings. The summed E-state index contributed by atoms with van der Waals surface area (Å²) >= 11 is 0. The lowest BCUT2D eigenvalue weighted by Gasteiger charge is -2.09. The zero-order valence-electron chi connectivity index (χ0n) is 5.70. The van der Waals surface area contributed by atoms with E-state index < -0.39 is 24.5 Å². The molecule has 4 atom stereocenters. The van der Waals surface area contributed by atoms with Gasteiger partial charge in [0.2, 0.25) is 0 Å². The molecule has 3 nitrogen and oxygen atoms in total. The second-order valence-corrected chi connectivity index (χ2v) is 2.50. The number of ether oxygens (including phenoxy) is 1. The van der Waals surface area contributed by atoms with Crippen LogP contribution in [0.1, 0.15) is 6.92 Å². The molecule has 1 aliphatic heterocycles. The fourth-order valence-corrected chi connectivity index (χ4v) is 1.07. The third kappa shape index (κ3) is 1.14. The molecule has 10 heavy (non-hydrogen) atoms. The molecule has 0 aromatic heterocycles. The molecule has 1 saturated heterocycles. The van der Waals surface area contributed by atoms with Gasteiger partial charge in [0.25, 0.3) is 0 Å². The molecule has 0 saturated carbocycles. The molecule has 0 spiro atoms. The molecule has 60 valence electrons. The van der Waals surface area contributed by atoms with E-state index in [0.29, 0.717) is 0 Å². The Morgan fingerprint density at radius 1 is 1.60 bits per heavy atom. The van der Waals surface area contributed by atoms with E-state index in [2.05, 4.69) is 0 Å². The van der Waals surface area contributed by atoms with E-state index in [0.717, 1.165) is 0 Å². The number of aliphatic hydroxyl groups is 2. The number of rotatable bonds is 1. The Balaban J connectivity index is 2.53. The third-order valence-corrected chi connectivity index (χ3v) is 1.73. The Morgan fingerprint density at radius 3 is 2.40 bits per heavy atom. The van der Waals surface area contributed by atoms with Crippen molar-refractivity contribution in [3.8, 4) is 0 Å².